The number of halogens is 1. The minimum absolute atomic E-state index is 0.0115. The van der Waals surface area contributed by atoms with Gasteiger partial charge < -0.3 is 15.8 Å². The molecule has 0 aliphatic heterocycles. The van der Waals surface area contributed by atoms with Crippen molar-refractivity contribution >= 4 is 23.3 Å². The van der Waals surface area contributed by atoms with Crippen LogP contribution < -0.4 is 5.73 Å². The molecule has 0 saturated heterocycles. The van der Waals surface area contributed by atoms with Crippen LogP contribution in [0.5, 0.6) is 0 Å². The maximum Gasteiger partial charge on any atom is 0.227 e. The number of hydrogen-bond donors (Lipinski definition) is 2. The number of carbonyl (C=O) groups excluding carboxylic acids is 1. The van der Waals surface area contributed by atoms with Crippen LogP contribution in [0.2, 0.25) is 5.02 Å². The van der Waals surface area contributed by atoms with Crippen LogP contribution >= 0.6 is 11.6 Å². The molecule has 0 aromatic heterocycles. The van der Waals surface area contributed by atoms with Gasteiger partial charge in [0.05, 0.1) is 6.42 Å². The van der Waals surface area contributed by atoms with Crippen molar-refractivity contribution < 1.29 is 10.0 Å². The van der Waals surface area contributed by atoms with Gasteiger partial charge in [-0.3, -0.25) is 4.79 Å². The van der Waals surface area contributed by atoms with E-state index in [1.54, 1.807) is 11.0 Å². The van der Waals surface area contributed by atoms with E-state index in [1.807, 2.05) is 32.0 Å². The van der Waals surface area contributed by atoms with Crippen LogP contribution in [-0.2, 0) is 11.2 Å². The van der Waals surface area contributed by atoms with Crippen molar-refractivity contribution in [3.05, 3.63) is 34.9 Å². The van der Waals surface area contributed by atoms with Gasteiger partial charge in [-0.15, -0.1) is 0 Å². The van der Waals surface area contributed by atoms with Gasteiger partial charge in [0.1, 0.15) is 5.84 Å². The molecule has 116 valence electrons. The zero-order chi connectivity index (χ0) is 15.8. The van der Waals surface area contributed by atoms with Crippen molar-refractivity contribution in [1.29, 1.82) is 0 Å². The third kappa shape index (κ3) is 6.04. The van der Waals surface area contributed by atoms with Gasteiger partial charge in [-0.05, 0) is 17.5 Å². The van der Waals surface area contributed by atoms with Crippen LogP contribution in [-0.4, -0.2) is 34.9 Å². The lowest BCUT2D eigenvalue weighted by Crippen LogP contribution is -2.37. The molecule has 0 aliphatic rings. The third-order valence-corrected chi connectivity index (χ3v) is 3.37. The minimum Gasteiger partial charge on any atom is -0.409 e. The second-order valence-electron chi connectivity index (χ2n) is 5.34. The van der Waals surface area contributed by atoms with E-state index < -0.39 is 0 Å². The van der Waals surface area contributed by atoms with Crippen molar-refractivity contribution in [1.82, 2.24) is 4.90 Å². The van der Waals surface area contributed by atoms with Gasteiger partial charge in [0.15, 0.2) is 0 Å². The number of amidine groups is 1. The largest absolute Gasteiger partial charge is 0.409 e. The summed E-state index contributed by atoms with van der Waals surface area (Å²) in [6.45, 7) is 5.14. The number of carbonyl (C=O) groups is 1. The van der Waals surface area contributed by atoms with E-state index in [1.165, 1.54) is 0 Å². The van der Waals surface area contributed by atoms with Crippen LogP contribution in [0.4, 0.5) is 0 Å². The fourth-order valence-electron chi connectivity index (χ4n) is 1.97. The van der Waals surface area contributed by atoms with Crippen molar-refractivity contribution in [3.8, 4) is 0 Å². The Labute approximate surface area is 130 Å². The second-order valence-corrected chi connectivity index (χ2v) is 5.75. The Hall–Kier alpha value is -1.75. The van der Waals surface area contributed by atoms with Crippen molar-refractivity contribution in [2.75, 3.05) is 13.1 Å². The van der Waals surface area contributed by atoms with Gasteiger partial charge in [0.25, 0.3) is 0 Å². The lowest BCUT2D eigenvalue weighted by atomic mass is 10.1. The minimum atomic E-state index is -0.0115. The quantitative estimate of drug-likeness (QED) is 0.351. The number of nitrogens with zero attached hydrogens (tertiary/aromatic N) is 2. The Kier molecular flexibility index (Phi) is 7.02. The number of rotatable bonds is 7. The Balaban J connectivity index is 2.73. The molecule has 0 atom stereocenters. The first-order valence-electron chi connectivity index (χ1n) is 6.91. The van der Waals surface area contributed by atoms with Crippen molar-refractivity contribution in [3.63, 3.8) is 0 Å². The van der Waals surface area contributed by atoms with Gasteiger partial charge >= 0.3 is 0 Å². The lowest BCUT2D eigenvalue weighted by molar-refractivity contribution is -0.130. The average Bonchev–Trinajstić information content (AvgIpc) is 2.45. The molecule has 5 nitrogen and oxygen atoms in total. The predicted molar refractivity (Wildman–Crippen MR) is 84.6 cm³/mol. The highest BCUT2D eigenvalue weighted by molar-refractivity contribution is 6.31. The van der Waals surface area contributed by atoms with Gasteiger partial charge in [-0.25, -0.2) is 0 Å². The number of oxime groups is 1. The normalized spacial score (nSPS) is 11.7. The Morgan fingerprint density at radius 2 is 2.10 bits per heavy atom. The fraction of sp³-hybridized carbons (Fsp3) is 0.467. The molecule has 0 radical (unpaired) electrons. The molecule has 1 aromatic rings. The van der Waals surface area contributed by atoms with Gasteiger partial charge in [-0.1, -0.05) is 48.8 Å². The third-order valence-electron chi connectivity index (χ3n) is 3.00. The summed E-state index contributed by atoms with van der Waals surface area (Å²) in [6, 6.07) is 7.31. The van der Waals surface area contributed by atoms with E-state index in [4.69, 9.17) is 22.5 Å². The van der Waals surface area contributed by atoms with Crippen LogP contribution in [0.1, 0.15) is 25.8 Å². The fourth-order valence-corrected chi connectivity index (χ4v) is 2.18. The van der Waals surface area contributed by atoms with E-state index >= 15 is 0 Å². The van der Waals surface area contributed by atoms with Crippen molar-refractivity contribution in [2.24, 2.45) is 16.8 Å². The number of nitrogens with two attached hydrogens (primary N) is 1. The first kappa shape index (κ1) is 17.3. The van der Waals surface area contributed by atoms with E-state index in [0.717, 1.165) is 5.56 Å². The topological polar surface area (TPSA) is 78.9 Å². The molecule has 1 rings (SSSR count). The SMILES string of the molecule is CC(C)CN(CCC(N)=NO)C(=O)Cc1ccccc1Cl. The summed E-state index contributed by atoms with van der Waals surface area (Å²) in [7, 11) is 0. The molecular formula is C15H22ClN3O2. The molecule has 21 heavy (non-hydrogen) atoms. The first-order chi connectivity index (χ1) is 9.93. The van der Waals surface area contributed by atoms with E-state index in [2.05, 4.69) is 5.16 Å². The smallest absolute Gasteiger partial charge is 0.227 e. The predicted octanol–water partition coefficient (Wildman–Crippen LogP) is 2.50. The van der Waals surface area contributed by atoms with E-state index in [-0.39, 0.29) is 18.2 Å². The standard InChI is InChI=1S/C15H22ClN3O2/c1-11(2)10-19(8-7-14(17)18-21)15(20)9-12-5-3-4-6-13(12)16/h3-6,11,21H,7-10H2,1-2H3,(H2,17,18). The highest BCUT2D eigenvalue weighted by atomic mass is 35.5. The number of benzene rings is 1. The lowest BCUT2D eigenvalue weighted by Gasteiger charge is -2.24. The molecular weight excluding hydrogens is 290 g/mol. The van der Waals surface area contributed by atoms with Crippen LogP contribution in [0.25, 0.3) is 0 Å². The summed E-state index contributed by atoms with van der Waals surface area (Å²) >= 11 is 6.09. The number of amides is 1. The monoisotopic (exact) mass is 311 g/mol. The molecule has 0 heterocycles. The maximum atomic E-state index is 12.4. The van der Waals surface area contributed by atoms with Crippen LogP contribution in [0, 0.1) is 5.92 Å². The van der Waals surface area contributed by atoms with Crippen molar-refractivity contribution in [2.45, 2.75) is 26.7 Å². The summed E-state index contributed by atoms with van der Waals surface area (Å²) in [5, 5.41) is 12.1. The highest BCUT2D eigenvalue weighted by Gasteiger charge is 2.16. The molecule has 6 heteroatoms. The second kappa shape index (κ2) is 8.52. The maximum absolute atomic E-state index is 12.4. The molecule has 0 fully saturated rings. The first-order valence-corrected chi connectivity index (χ1v) is 7.29. The average molecular weight is 312 g/mol. The zero-order valence-corrected chi connectivity index (χ0v) is 13.2. The molecule has 1 aromatic carbocycles. The highest BCUT2D eigenvalue weighted by Crippen LogP contribution is 2.16. The summed E-state index contributed by atoms with van der Waals surface area (Å²) in [5.41, 5.74) is 6.28. The van der Waals surface area contributed by atoms with Gasteiger partial charge in [0, 0.05) is 24.5 Å². The Morgan fingerprint density at radius 1 is 1.43 bits per heavy atom. The van der Waals surface area contributed by atoms with Crippen LogP contribution in [0.3, 0.4) is 0 Å². The molecule has 0 unspecified atom stereocenters. The Morgan fingerprint density at radius 3 is 2.67 bits per heavy atom. The van der Waals surface area contributed by atoms with Gasteiger partial charge in [0.2, 0.25) is 5.91 Å². The zero-order valence-electron chi connectivity index (χ0n) is 12.4. The van der Waals surface area contributed by atoms with E-state index in [0.29, 0.717) is 30.5 Å². The summed E-state index contributed by atoms with van der Waals surface area (Å²) in [5.74, 6) is 0.448. The molecule has 0 bridgehead atoms. The summed E-state index contributed by atoms with van der Waals surface area (Å²) < 4.78 is 0. The summed E-state index contributed by atoms with van der Waals surface area (Å²) in [6.07, 6.45) is 0.597. The van der Waals surface area contributed by atoms with Crippen LogP contribution in [0.15, 0.2) is 29.4 Å². The molecule has 0 aliphatic carbocycles. The molecule has 3 N–H and O–H groups in total. The molecule has 0 spiro atoms. The molecule has 1 amide bonds. The summed E-state index contributed by atoms with van der Waals surface area (Å²) in [4.78, 5) is 14.2. The molecule has 0 saturated carbocycles. The van der Waals surface area contributed by atoms with E-state index in [9.17, 15) is 4.79 Å². The Bertz CT molecular complexity index is 503. The number of hydrogen-bond acceptors (Lipinski definition) is 3. The van der Waals surface area contributed by atoms with Gasteiger partial charge in [-0.2, -0.15) is 0 Å².